The van der Waals surface area contributed by atoms with E-state index in [0.29, 0.717) is 10.8 Å². The van der Waals surface area contributed by atoms with E-state index >= 15 is 0 Å². The smallest absolute Gasteiger partial charge is 0.175 e. The molecule has 1 aliphatic carbocycles. The van der Waals surface area contributed by atoms with Crippen LogP contribution in [0.3, 0.4) is 0 Å². The van der Waals surface area contributed by atoms with Gasteiger partial charge in [-0.15, -0.1) is 0 Å². The number of fused-ring (bicyclic) bond motifs is 1. The maximum absolute atomic E-state index is 11.8. The summed E-state index contributed by atoms with van der Waals surface area (Å²) in [6, 6.07) is 15.4. The van der Waals surface area contributed by atoms with Gasteiger partial charge in [0.1, 0.15) is 0 Å². The largest absolute Gasteiger partial charge is 0.264 e. The maximum Gasteiger partial charge on any atom is 0.175 e. The third kappa shape index (κ3) is 3.86. The van der Waals surface area contributed by atoms with E-state index in [4.69, 9.17) is 5.10 Å². The summed E-state index contributed by atoms with van der Waals surface area (Å²) in [5.41, 5.74) is 5.18. The zero-order valence-corrected chi connectivity index (χ0v) is 19.3. The Hall–Kier alpha value is -2.93. The van der Waals surface area contributed by atoms with Crippen molar-refractivity contribution >= 4 is 20.7 Å². The molecule has 2 aromatic heterocycles. The summed E-state index contributed by atoms with van der Waals surface area (Å²) >= 11 is 0. The quantitative estimate of drug-likeness (QED) is 0.414. The molecule has 0 spiro atoms. The van der Waals surface area contributed by atoms with Crippen LogP contribution in [0.5, 0.6) is 0 Å². The Labute approximate surface area is 188 Å². The Morgan fingerprint density at radius 1 is 1.03 bits per heavy atom. The summed E-state index contributed by atoms with van der Waals surface area (Å²) in [5, 5.41) is 10.7. The highest BCUT2D eigenvalue weighted by Gasteiger charge is 2.19. The van der Waals surface area contributed by atoms with E-state index in [-0.39, 0.29) is 0 Å². The Morgan fingerprint density at radius 3 is 2.47 bits per heavy atom. The minimum atomic E-state index is -3.23. The van der Waals surface area contributed by atoms with Crippen LogP contribution in [0.15, 0.2) is 59.6 Å². The van der Waals surface area contributed by atoms with E-state index in [2.05, 4.69) is 34.9 Å². The summed E-state index contributed by atoms with van der Waals surface area (Å²) in [6.45, 7) is 3.14. The second kappa shape index (κ2) is 8.20. The van der Waals surface area contributed by atoms with Gasteiger partial charge in [0.05, 0.1) is 33.7 Å². The SMILES string of the molecule is CCc1nn(CC2CCCC2)c2cc(-c3ccnn3-c3ccc(S(C)(=O)=O)cc3)ccc12. The van der Waals surface area contributed by atoms with Crippen LogP contribution in [-0.2, 0) is 22.8 Å². The Balaban J connectivity index is 1.55. The van der Waals surface area contributed by atoms with Crippen molar-refractivity contribution in [1.29, 1.82) is 0 Å². The first-order valence-electron chi connectivity index (χ1n) is 11.3. The van der Waals surface area contributed by atoms with Crippen LogP contribution in [0.4, 0.5) is 0 Å². The molecular formula is C25H28N4O2S. The molecule has 1 aliphatic rings. The van der Waals surface area contributed by atoms with Crippen LogP contribution in [0.1, 0.15) is 38.3 Å². The van der Waals surface area contributed by atoms with Crippen LogP contribution < -0.4 is 0 Å². The highest BCUT2D eigenvalue weighted by molar-refractivity contribution is 7.90. The fraction of sp³-hybridized carbons (Fsp3) is 0.360. The first kappa shape index (κ1) is 20.9. The fourth-order valence-electron chi connectivity index (χ4n) is 4.80. The van der Waals surface area contributed by atoms with E-state index in [1.807, 2.05) is 10.7 Å². The topological polar surface area (TPSA) is 69.8 Å². The zero-order valence-electron chi connectivity index (χ0n) is 18.5. The molecule has 4 aromatic rings. The van der Waals surface area contributed by atoms with E-state index in [0.717, 1.165) is 35.6 Å². The number of rotatable bonds is 6. The molecule has 6 nitrogen and oxygen atoms in total. The van der Waals surface area contributed by atoms with Gasteiger partial charge in [0, 0.05) is 23.8 Å². The van der Waals surface area contributed by atoms with Crippen molar-refractivity contribution in [3.63, 3.8) is 0 Å². The molecule has 0 radical (unpaired) electrons. The Kier molecular flexibility index (Phi) is 5.37. The second-order valence-electron chi connectivity index (χ2n) is 8.76. The number of hydrogen-bond acceptors (Lipinski definition) is 4. The maximum atomic E-state index is 11.8. The lowest BCUT2D eigenvalue weighted by Gasteiger charge is -2.11. The minimum Gasteiger partial charge on any atom is -0.264 e. The van der Waals surface area contributed by atoms with E-state index in [1.54, 1.807) is 30.5 Å². The number of hydrogen-bond donors (Lipinski definition) is 0. The molecule has 0 amide bonds. The van der Waals surface area contributed by atoms with Gasteiger partial charge in [-0.2, -0.15) is 10.2 Å². The Bertz CT molecular complexity index is 1360. The molecule has 0 unspecified atom stereocenters. The van der Waals surface area contributed by atoms with Gasteiger partial charge in [0.2, 0.25) is 0 Å². The third-order valence-electron chi connectivity index (χ3n) is 6.52. The van der Waals surface area contributed by atoms with E-state index < -0.39 is 9.84 Å². The van der Waals surface area contributed by atoms with Crippen LogP contribution in [0.2, 0.25) is 0 Å². The number of benzene rings is 2. The molecule has 1 fully saturated rings. The normalized spacial score (nSPS) is 15.1. The lowest BCUT2D eigenvalue weighted by atomic mass is 10.1. The van der Waals surface area contributed by atoms with Gasteiger partial charge >= 0.3 is 0 Å². The first-order valence-corrected chi connectivity index (χ1v) is 13.2. The monoisotopic (exact) mass is 448 g/mol. The van der Waals surface area contributed by atoms with Crippen molar-refractivity contribution in [3.05, 3.63) is 60.4 Å². The molecule has 0 bridgehead atoms. The standard InChI is InChI=1S/C25H28N4O2S/c1-3-23-22-13-8-19(16-25(22)28(27-23)17-18-6-4-5-7-18)24-14-15-26-29(24)20-9-11-21(12-10-20)32(2,30)31/h8-16,18H,3-7,17H2,1-2H3. The molecule has 1 saturated carbocycles. The summed E-state index contributed by atoms with van der Waals surface area (Å²) < 4.78 is 27.6. The highest BCUT2D eigenvalue weighted by atomic mass is 32.2. The summed E-state index contributed by atoms with van der Waals surface area (Å²) in [6.07, 6.45) is 9.14. The van der Waals surface area contributed by atoms with Crippen molar-refractivity contribution in [2.75, 3.05) is 6.26 Å². The molecular weight excluding hydrogens is 420 g/mol. The number of nitrogens with zero attached hydrogens (tertiary/aromatic N) is 4. The van der Waals surface area contributed by atoms with E-state index in [9.17, 15) is 8.42 Å². The predicted molar refractivity (Wildman–Crippen MR) is 127 cm³/mol. The highest BCUT2D eigenvalue weighted by Crippen LogP contribution is 2.31. The predicted octanol–water partition coefficient (Wildman–Crippen LogP) is 5.05. The summed E-state index contributed by atoms with van der Waals surface area (Å²) in [5.74, 6) is 0.713. The number of sulfone groups is 1. The molecule has 7 heteroatoms. The first-order chi connectivity index (χ1) is 15.4. The molecule has 32 heavy (non-hydrogen) atoms. The van der Waals surface area contributed by atoms with Crippen molar-refractivity contribution in [2.45, 2.75) is 50.5 Å². The van der Waals surface area contributed by atoms with E-state index in [1.165, 1.54) is 42.8 Å². The zero-order chi connectivity index (χ0) is 22.3. The van der Waals surface area contributed by atoms with Gasteiger partial charge in [-0.3, -0.25) is 4.68 Å². The van der Waals surface area contributed by atoms with Crippen molar-refractivity contribution < 1.29 is 8.42 Å². The molecule has 0 aliphatic heterocycles. The third-order valence-corrected chi connectivity index (χ3v) is 7.65. The minimum absolute atomic E-state index is 0.305. The van der Waals surface area contributed by atoms with Crippen LogP contribution >= 0.6 is 0 Å². The van der Waals surface area contributed by atoms with Gasteiger partial charge in [-0.25, -0.2) is 13.1 Å². The van der Waals surface area contributed by atoms with Gasteiger partial charge < -0.3 is 0 Å². The van der Waals surface area contributed by atoms with Gasteiger partial charge in [-0.1, -0.05) is 31.9 Å². The average Bonchev–Trinajstić information content (AvgIpc) is 3.54. The molecule has 2 aromatic carbocycles. The van der Waals surface area contributed by atoms with Crippen LogP contribution in [0.25, 0.3) is 27.8 Å². The molecule has 2 heterocycles. The summed E-state index contributed by atoms with van der Waals surface area (Å²) in [4.78, 5) is 0.305. The van der Waals surface area contributed by atoms with Crippen LogP contribution in [-0.4, -0.2) is 34.2 Å². The summed E-state index contributed by atoms with van der Waals surface area (Å²) in [7, 11) is -3.23. The lowest BCUT2D eigenvalue weighted by Crippen LogP contribution is -2.09. The second-order valence-corrected chi connectivity index (χ2v) is 10.8. The molecule has 166 valence electrons. The lowest BCUT2D eigenvalue weighted by molar-refractivity contribution is 0.436. The average molecular weight is 449 g/mol. The van der Waals surface area contributed by atoms with Crippen LogP contribution in [0, 0.1) is 5.92 Å². The van der Waals surface area contributed by atoms with Gasteiger partial charge in [-0.05, 0) is 61.6 Å². The molecule has 0 atom stereocenters. The fourth-order valence-corrected chi connectivity index (χ4v) is 5.43. The Morgan fingerprint density at radius 2 is 1.78 bits per heavy atom. The molecule has 5 rings (SSSR count). The van der Waals surface area contributed by atoms with Crippen molar-refractivity contribution in [1.82, 2.24) is 19.6 Å². The van der Waals surface area contributed by atoms with Gasteiger partial charge in [0.15, 0.2) is 9.84 Å². The number of aryl methyl sites for hydroxylation is 1. The van der Waals surface area contributed by atoms with Crippen molar-refractivity contribution in [2.24, 2.45) is 5.92 Å². The number of aromatic nitrogens is 4. The van der Waals surface area contributed by atoms with Crippen molar-refractivity contribution in [3.8, 4) is 16.9 Å². The van der Waals surface area contributed by atoms with Gasteiger partial charge in [0.25, 0.3) is 0 Å². The molecule has 0 N–H and O–H groups in total. The molecule has 0 saturated heterocycles.